The lowest BCUT2D eigenvalue weighted by Crippen LogP contribution is -2.21. The minimum absolute atomic E-state index is 0.342. The van der Waals surface area contributed by atoms with E-state index in [4.69, 9.17) is 0 Å². The third kappa shape index (κ3) is 3.53. The molecular formula is C15H22FNO. The van der Waals surface area contributed by atoms with Gasteiger partial charge < -0.3 is 5.11 Å². The van der Waals surface area contributed by atoms with Crippen molar-refractivity contribution in [3.8, 4) is 0 Å². The first-order valence-electron chi connectivity index (χ1n) is 6.67. The molecule has 100 valence electrons. The Balaban J connectivity index is 1.90. The van der Waals surface area contributed by atoms with Gasteiger partial charge in [-0.1, -0.05) is 38.1 Å². The van der Waals surface area contributed by atoms with Gasteiger partial charge in [0.15, 0.2) is 0 Å². The first-order chi connectivity index (χ1) is 8.54. The zero-order valence-corrected chi connectivity index (χ0v) is 11.1. The van der Waals surface area contributed by atoms with E-state index in [1.54, 1.807) is 0 Å². The summed E-state index contributed by atoms with van der Waals surface area (Å²) < 4.78 is 13.2. The third-order valence-corrected chi connectivity index (χ3v) is 3.37. The van der Waals surface area contributed by atoms with E-state index in [0.717, 1.165) is 13.0 Å². The summed E-state index contributed by atoms with van der Waals surface area (Å²) >= 11 is 0. The number of halogens is 1. The minimum atomic E-state index is -1.09. The smallest absolute Gasteiger partial charge is 0.140 e. The number of hydrogen-bond donors (Lipinski definition) is 1. The average Bonchev–Trinajstić information content (AvgIpc) is 2.60. The van der Waals surface area contributed by atoms with E-state index in [-0.39, 0.29) is 0 Å². The molecule has 1 saturated heterocycles. The van der Waals surface area contributed by atoms with Gasteiger partial charge in [0, 0.05) is 19.6 Å². The Labute approximate surface area is 108 Å². The summed E-state index contributed by atoms with van der Waals surface area (Å²) in [5, 5.41) is 9.37. The van der Waals surface area contributed by atoms with Crippen molar-refractivity contribution in [3.63, 3.8) is 0 Å². The molecule has 2 rings (SSSR count). The van der Waals surface area contributed by atoms with Gasteiger partial charge in [-0.15, -0.1) is 0 Å². The van der Waals surface area contributed by atoms with Crippen LogP contribution in [0.15, 0.2) is 24.3 Å². The number of nitrogens with zero attached hydrogens (tertiary/aromatic N) is 1. The van der Waals surface area contributed by atoms with Crippen molar-refractivity contribution in [2.75, 3.05) is 13.1 Å². The van der Waals surface area contributed by atoms with Gasteiger partial charge in [0.2, 0.25) is 0 Å². The maximum atomic E-state index is 13.2. The highest BCUT2D eigenvalue weighted by Crippen LogP contribution is 2.17. The van der Waals surface area contributed by atoms with Crippen LogP contribution in [0.2, 0.25) is 0 Å². The van der Waals surface area contributed by atoms with E-state index in [1.807, 2.05) is 4.90 Å². The summed E-state index contributed by atoms with van der Waals surface area (Å²) in [4.78, 5) is 1.97. The molecule has 0 aliphatic carbocycles. The molecule has 2 nitrogen and oxygen atoms in total. The molecule has 1 aromatic carbocycles. The van der Waals surface area contributed by atoms with Crippen LogP contribution >= 0.6 is 0 Å². The normalized spacial score (nSPS) is 24.9. The predicted molar refractivity (Wildman–Crippen MR) is 71.2 cm³/mol. The number of alkyl halides is 1. The van der Waals surface area contributed by atoms with Crippen LogP contribution in [0.4, 0.5) is 4.39 Å². The molecule has 0 bridgehead atoms. The van der Waals surface area contributed by atoms with Crippen molar-refractivity contribution >= 4 is 0 Å². The lowest BCUT2D eigenvalue weighted by Gasteiger charge is -2.15. The highest BCUT2D eigenvalue weighted by molar-refractivity contribution is 5.23. The van der Waals surface area contributed by atoms with Crippen molar-refractivity contribution in [1.82, 2.24) is 4.90 Å². The monoisotopic (exact) mass is 251 g/mol. The van der Waals surface area contributed by atoms with Crippen LogP contribution in [-0.2, 0) is 13.0 Å². The summed E-state index contributed by atoms with van der Waals surface area (Å²) in [6.45, 7) is 5.92. The molecule has 0 unspecified atom stereocenters. The fraction of sp³-hybridized carbons (Fsp3) is 0.600. The van der Waals surface area contributed by atoms with E-state index in [2.05, 4.69) is 38.1 Å². The summed E-state index contributed by atoms with van der Waals surface area (Å²) in [5.74, 6) is 0.664. The van der Waals surface area contributed by atoms with E-state index in [0.29, 0.717) is 19.0 Å². The minimum Gasteiger partial charge on any atom is -0.389 e. The second kappa shape index (κ2) is 5.81. The molecule has 2 atom stereocenters. The van der Waals surface area contributed by atoms with Crippen molar-refractivity contribution in [2.45, 2.75) is 39.1 Å². The van der Waals surface area contributed by atoms with Gasteiger partial charge in [-0.05, 0) is 23.5 Å². The molecule has 1 aliphatic rings. The first-order valence-corrected chi connectivity index (χ1v) is 6.67. The molecule has 1 fully saturated rings. The zero-order valence-electron chi connectivity index (χ0n) is 11.1. The number of benzene rings is 1. The average molecular weight is 251 g/mol. The molecule has 1 aromatic rings. The Bertz CT molecular complexity index is 367. The molecule has 0 saturated carbocycles. The van der Waals surface area contributed by atoms with Crippen LogP contribution in [0, 0.1) is 5.92 Å². The molecular weight excluding hydrogens is 229 g/mol. The summed E-state index contributed by atoms with van der Waals surface area (Å²) in [5.41, 5.74) is 2.53. The number of aliphatic hydroxyl groups excluding tert-OH is 1. The second-order valence-electron chi connectivity index (χ2n) is 5.69. The topological polar surface area (TPSA) is 23.5 Å². The number of β-amino-alcohol motifs (C(OH)–C–C–N with tert-alkyl or cyclic N) is 1. The molecule has 3 heteroatoms. The Kier molecular flexibility index (Phi) is 4.36. The Morgan fingerprint density at radius 1 is 1.22 bits per heavy atom. The van der Waals surface area contributed by atoms with Gasteiger partial charge in [0.05, 0.1) is 6.10 Å². The van der Waals surface area contributed by atoms with Crippen molar-refractivity contribution < 1.29 is 9.50 Å². The Morgan fingerprint density at radius 3 is 2.33 bits per heavy atom. The van der Waals surface area contributed by atoms with E-state index in [9.17, 15) is 9.50 Å². The van der Waals surface area contributed by atoms with Crippen LogP contribution in [0.25, 0.3) is 0 Å². The van der Waals surface area contributed by atoms with E-state index >= 15 is 0 Å². The molecule has 0 amide bonds. The van der Waals surface area contributed by atoms with Gasteiger partial charge in [0.25, 0.3) is 0 Å². The van der Waals surface area contributed by atoms with Gasteiger partial charge >= 0.3 is 0 Å². The molecule has 0 spiro atoms. The number of rotatable bonds is 4. The van der Waals surface area contributed by atoms with Gasteiger partial charge in [-0.25, -0.2) is 4.39 Å². The molecule has 0 aromatic heterocycles. The number of likely N-dealkylation sites (tertiary alicyclic amines) is 1. The van der Waals surface area contributed by atoms with Crippen LogP contribution in [-0.4, -0.2) is 35.4 Å². The van der Waals surface area contributed by atoms with Crippen LogP contribution < -0.4 is 0 Å². The summed E-state index contributed by atoms with van der Waals surface area (Å²) in [6.07, 6.45) is -0.814. The highest BCUT2D eigenvalue weighted by atomic mass is 19.1. The van der Waals surface area contributed by atoms with Gasteiger partial charge in [-0.3, -0.25) is 4.90 Å². The molecule has 18 heavy (non-hydrogen) atoms. The predicted octanol–water partition coefficient (Wildman–Crippen LogP) is 2.40. The summed E-state index contributed by atoms with van der Waals surface area (Å²) in [7, 11) is 0. The SMILES string of the molecule is CC(C)Cc1ccc(CN2C[C@@H](O)[C@H](F)C2)cc1. The third-order valence-electron chi connectivity index (χ3n) is 3.37. The van der Waals surface area contributed by atoms with Crippen LogP contribution in [0.1, 0.15) is 25.0 Å². The van der Waals surface area contributed by atoms with Gasteiger partial charge in [0.1, 0.15) is 6.17 Å². The highest BCUT2D eigenvalue weighted by Gasteiger charge is 2.30. The second-order valence-corrected chi connectivity index (χ2v) is 5.69. The van der Waals surface area contributed by atoms with E-state index in [1.165, 1.54) is 11.1 Å². The lowest BCUT2D eigenvalue weighted by atomic mass is 10.0. The van der Waals surface area contributed by atoms with Crippen LogP contribution in [0.5, 0.6) is 0 Å². The maximum Gasteiger partial charge on any atom is 0.140 e. The number of hydrogen-bond acceptors (Lipinski definition) is 2. The van der Waals surface area contributed by atoms with E-state index < -0.39 is 12.3 Å². The maximum absolute atomic E-state index is 13.2. The zero-order chi connectivity index (χ0) is 13.1. The number of aliphatic hydroxyl groups is 1. The largest absolute Gasteiger partial charge is 0.389 e. The fourth-order valence-corrected chi connectivity index (χ4v) is 2.46. The van der Waals surface area contributed by atoms with Crippen molar-refractivity contribution in [1.29, 1.82) is 0 Å². The fourth-order valence-electron chi connectivity index (χ4n) is 2.46. The van der Waals surface area contributed by atoms with Crippen molar-refractivity contribution in [3.05, 3.63) is 35.4 Å². The molecule has 1 heterocycles. The van der Waals surface area contributed by atoms with Gasteiger partial charge in [-0.2, -0.15) is 0 Å². The molecule has 1 N–H and O–H groups in total. The van der Waals surface area contributed by atoms with Crippen LogP contribution in [0.3, 0.4) is 0 Å². The lowest BCUT2D eigenvalue weighted by molar-refractivity contribution is 0.115. The summed E-state index contributed by atoms with van der Waals surface area (Å²) in [6, 6.07) is 8.51. The Morgan fingerprint density at radius 2 is 1.83 bits per heavy atom. The standard InChI is InChI=1S/C15H22FNO/c1-11(2)7-12-3-5-13(6-4-12)8-17-9-14(16)15(18)10-17/h3-6,11,14-15,18H,7-10H2,1-2H3/t14-,15-/m1/s1. The first kappa shape index (κ1) is 13.5. The van der Waals surface area contributed by atoms with Crippen molar-refractivity contribution in [2.24, 2.45) is 5.92 Å². The quantitative estimate of drug-likeness (QED) is 0.888. The molecule has 0 radical (unpaired) electrons. The Hall–Kier alpha value is -0.930. The molecule has 1 aliphatic heterocycles.